The van der Waals surface area contributed by atoms with E-state index in [1.165, 1.54) is 0 Å². The number of aromatic nitrogens is 1. The predicted octanol–water partition coefficient (Wildman–Crippen LogP) is 3.68. The molecule has 0 saturated carbocycles. The topological polar surface area (TPSA) is 71.5 Å². The number of carbonyl (C=O) groups is 1. The molecule has 0 aliphatic rings. The third-order valence-electron chi connectivity index (χ3n) is 2.85. The van der Waals surface area contributed by atoms with Crippen molar-refractivity contribution < 1.29 is 14.6 Å². The number of carboxylic acid groups (broad SMARTS) is 1. The summed E-state index contributed by atoms with van der Waals surface area (Å²) in [5, 5.41) is 11.5. The van der Waals surface area contributed by atoms with Crippen molar-refractivity contribution in [2.75, 3.05) is 0 Å². The molecule has 0 saturated heterocycles. The normalized spacial score (nSPS) is 13.7. The first kappa shape index (κ1) is 16.8. The van der Waals surface area contributed by atoms with Crippen molar-refractivity contribution in [2.24, 2.45) is 5.41 Å². The van der Waals surface area contributed by atoms with Crippen LogP contribution in [0.1, 0.15) is 34.6 Å². The summed E-state index contributed by atoms with van der Waals surface area (Å²) in [7, 11) is 0. The van der Waals surface area contributed by atoms with Crippen LogP contribution in [-0.4, -0.2) is 27.8 Å². The maximum atomic E-state index is 11.0. The summed E-state index contributed by atoms with van der Waals surface area (Å²) in [5.74, 6) is 0.590. The average molecular weight is 345 g/mol. The monoisotopic (exact) mass is 344 g/mol. The summed E-state index contributed by atoms with van der Waals surface area (Å²) >= 11 is 3.41. The number of nitrogens with one attached hydrogen (secondary N) is 1. The lowest BCUT2D eigenvalue weighted by Crippen LogP contribution is -2.58. The second-order valence-electron chi connectivity index (χ2n) is 6.32. The Labute approximate surface area is 127 Å². The number of hydrogen-bond donors (Lipinski definition) is 2. The molecule has 1 aromatic heterocycles. The van der Waals surface area contributed by atoms with E-state index >= 15 is 0 Å². The van der Waals surface area contributed by atoms with Gasteiger partial charge in [-0.05, 0) is 35.8 Å². The van der Waals surface area contributed by atoms with Gasteiger partial charge in [-0.25, -0.2) is 4.79 Å². The Bertz CT molecular complexity index is 484. The molecule has 0 radical (unpaired) electrons. The van der Waals surface area contributed by atoms with Crippen LogP contribution < -0.4 is 10.1 Å². The fraction of sp³-hybridized carbons (Fsp3) is 0.571. The van der Waals surface area contributed by atoms with Crippen LogP contribution >= 0.6 is 15.9 Å². The van der Waals surface area contributed by atoms with Crippen LogP contribution in [0.3, 0.4) is 0 Å². The molecule has 0 spiro atoms. The van der Waals surface area contributed by atoms with Crippen LogP contribution in [0.15, 0.2) is 22.9 Å². The van der Waals surface area contributed by atoms with Crippen molar-refractivity contribution in [1.29, 1.82) is 0 Å². The van der Waals surface area contributed by atoms with Gasteiger partial charge in [0.15, 0.2) is 5.75 Å². The molecule has 112 valence electrons. The lowest BCUT2D eigenvalue weighted by atomic mass is 9.78. The molecule has 5 nitrogen and oxygen atoms in total. The molecule has 20 heavy (non-hydrogen) atoms. The van der Waals surface area contributed by atoms with Crippen LogP contribution in [-0.2, 0) is 0 Å². The third-order valence-corrected chi connectivity index (χ3v) is 3.51. The summed E-state index contributed by atoms with van der Waals surface area (Å²) in [5.41, 5.74) is -1.01. The van der Waals surface area contributed by atoms with Gasteiger partial charge >= 0.3 is 6.09 Å². The van der Waals surface area contributed by atoms with Crippen LogP contribution in [0.5, 0.6) is 5.75 Å². The number of halogens is 1. The lowest BCUT2D eigenvalue weighted by molar-refractivity contribution is 0.0155. The molecule has 0 aliphatic heterocycles. The van der Waals surface area contributed by atoms with Gasteiger partial charge in [-0.2, -0.15) is 0 Å². The summed E-state index contributed by atoms with van der Waals surface area (Å²) in [4.78, 5) is 15.0. The van der Waals surface area contributed by atoms with Gasteiger partial charge in [-0.3, -0.25) is 4.98 Å². The number of hydrogen-bond acceptors (Lipinski definition) is 3. The highest BCUT2D eigenvalue weighted by Gasteiger charge is 2.41. The molecule has 0 bridgehead atoms. The van der Waals surface area contributed by atoms with E-state index in [1.807, 2.05) is 20.8 Å². The molecule has 1 aromatic rings. The van der Waals surface area contributed by atoms with E-state index in [9.17, 15) is 4.79 Å². The Kier molecular flexibility index (Phi) is 5.02. The molecule has 1 atom stereocenters. The SMILES string of the molecule is CC(C)(C)C(Oc1cnccc1Br)C(C)(C)NC(=O)O. The van der Waals surface area contributed by atoms with Gasteiger partial charge in [0.1, 0.15) is 6.10 Å². The molecule has 1 unspecified atom stereocenters. The zero-order chi connectivity index (χ0) is 15.6. The zero-order valence-corrected chi connectivity index (χ0v) is 14.0. The van der Waals surface area contributed by atoms with E-state index in [4.69, 9.17) is 9.84 Å². The maximum Gasteiger partial charge on any atom is 0.405 e. The lowest BCUT2D eigenvalue weighted by Gasteiger charge is -2.42. The Morgan fingerprint density at radius 3 is 2.45 bits per heavy atom. The minimum Gasteiger partial charge on any atom is -0.485 e. The number of rotatable bonds is 4. The fourth-order valence-electron chi connectivity index (χ4n) is 2.32. The third kappa shape index (κ3) is 4.37. The molecule has 0 aliphatic carbocycles. The van der Waals surface area contributed by atoms with E-state index in [0.717, 1.165) is 4.47 Å². The molecule has 6 heteroatoms. The zero-order valence-electron chi connectivity index (χ0n) is 12.4. The van der Waals surface area contributed by atoms with Gasteiger partial charge in [0.05, 0.1) is 16.2 Å². The Morgan fingerprint density at radius 2 is 2.00 bits per heavy atom. The number of pyridine rings is 1. The highest BCUT2D eigenvalue weighted by atomic mass is 79.9. The second-order valence-corrected chi connectivity index (χ2v) is 7.18. The van der Waals surface area contributed by atoms with Crippen molar-refractivity contribution in [3.63, 3.8) is 0 Å². The summed E-state index contributed by atoms with van der Waals surface area (Å²) in [6.45, 7) is 9.64. The minimum absolute atomic E-state index is 0.263. The number of nitrogens with zero attached hydrogens (tertiary/aromatic N) is 1. The molecule has 1 heterocycles. The molecular weight excluding hydrogens is 324 g/mol. The maximum absolute atomic E-state index is 11.0. The first-order valence-electron chi connectivity index (χ1n) is 6.31. The van der Waals surface area contributed by atoms with Gasteiger partial charge in [0, 0.05) is 11.6 Å². The molecule has 1 amide bonds. The largest absolute Gasteiger partial charge is 0.485 e. The Balaban J connectivity index is 3.09. The average Bonchev–Trinajstić information content (AvgIpc) is 2.24. The summed E-state index contributed by atoms with van der Waals surface area (Å²) in [6.07, 6.45) is 1.83. The van der Waals surface area contributed by atoms with Gasteiger partial charge in [-0.15, -0.1) is 0 Å². The highest BCUT2D eigenvalue weighted by Crippen LogP contribution is 2.34. The second kappa shape index (κ2) is 5.99. The van der Waals surface area contributed by atoms with E-state index in [0.29, 0.717) is 5.75 Å². The van der Waals surface area contributed by atoms with E-state index < -0.39 is 11.6 Å². The van der Waals surface area contributed by atoms with Crippen LogP contribution in [0.25, 0.3) is 0 Å². The molecule has 0 fully saturated rings. The van der Waals surface area contributed by atoms with Gasteiger partial charge in [-0.1, -0.05) is 20.8 Å². The Hall–Kier alpha value is -1.30. The standard InChI is InChI=1S/C14H21BrN2O3/c1-13(2,3)11(14(4,5)17-12(18)19)20-10-8-16-7-6-9(10)15/h6-8,11,17H,1-5H3,(H,18,19). The van der Waals surface area contributed by atoms with Gasteiger partial charge in [0.2, 0.25) is 0 Å². The van der Waals surface area contributed by atoms with E-state index in [-0.39, 0.29) is 11.5 Å². The van der Waals surface area contributed by atoms with Crippen molar-refractivity contribution in [3.8, 4) is 5.75 Å². The first-order chi connectivity index (χ1) is 9.04. The van der Waals surface area contributed by atoms with Crippen LogP contribution in [0.2, 0.25) is 0 Å². The Morgan fingerprint density at radius 1 is 1.40 bits per heavy atom. The van der Waals surface area contributed by atoms with Crippen molar-refractivity contribution >= 4 is 22.0 Å². The number of ether oxygens (including phenoxy) is 1. The van der Waals surface area contributed by atoms with Gasteiger partial charge < -0.3 is 15.2 Å². The van der Waals surface area contributed by atoms with E-state index in [1.54, 1.807) is 32.3 Å². The van der Waals surface area contributed by atoms with Crippen molar-refractivity contribution in [2.45, 2.75) is 46.3 Å². The van der Waals surface area contributed by atoms with Crippen LogP contribution in [0, 0.1) is 5.41 Å². The summed E-state index contributed by atoms with van der Waals surface area (Å²) in [6, 6.07) is 1.78. The highest BCUT2D eigenvalue weighted by molar-refractivity contribution is 9.10. The smallest absolute Gasteiger partial charge is 0.405 e. The van der Waals surface area contributed by atoms with E-state index in [2.05, 4.69) is 26.2 Å². The fourth-order valence-corrected chi connectivity index (χ4v) is 2.64. The molecule has 1 rings (SSSR count). The summed E-state index contributed by atoms with van der Waals surface area (Å²) < 4.78 is 6.83. The molecule has 0 aromatic carbocycles. The minimum atomic E-state index is -1.07. The van der Waals surface area contributed by atoms with Crippen LogP contribution in [0.4, 0.5) is 4.79 Å². The van der Waals surface area contributed by atoms with Gasteiger partial charge in [0.25, 0.3) is 0 Å². The van der Waals surface area contributed by atoms with Crippen molar-refractivity contribution in [1.82, 2.24) is 10.3 Å². The molecular formula is C14H21BrN2O3. The first-order valence-corrected chi connectivity index (χ1v) is 7.10. The molecule has 2 N–H and O–H groups in total. The number of amides is 1. The van der Waals surface area contributed by atoms with Crippen molar-refractivity contribution in [3.05, 3.63) is 22.9 Å². The quantitative estimate of drug-likeness (QED) is 0.873. The predicted molar refractivity (Wildman–Crippen MR) is 81.0 cm³/mol.